The average molecular weight is 224 g/mol. The molecule has 0 atom stereocenters. The summed E-state index contributed by atoms with van der Waals surface area (Å²) in [7, 11) is 0. The SMILES string of the molecule is CC(C)c1cc(C(F)(F)F)ncc1Cl. The minimum Gasteiger partial charge on any atom is -0.250 e. The Morgan fingerprint density at radius 2 is 1.93 bits per heavy atom. The van der Waals surface area contributed by atoms with Crippen LogP contribution in [0.5, 0.6) is 0 Å². The molecule has 0 aliphatic heterocycles. The summed E-state index contributed by atoms with van der Waals surface area (Å²) in [5, 5.41) is 0.271. The molecule has 0 saturated carbocycles. The predicted molar refractivity (Wildman–Crippen MR) is 48.3 cm³/mol. The van der Waals surface area contributed by atoms with Gasteiger partial charge in [-0.1, -0.05) is 25.4 Å². The lowest BCUT2D eigenvalue weighted by Crippen LogP contribution is -2.09. The molecule has 0 bridgehead atoms. The predicted octanol–water partition coefficient (Wildman–Crippen LogP) is 3.88. The van der Waals surface area contributed by atoms with Gasteiger partial charge in [0.05, 0.1) is 5.02 Å². The first-order valence-corrected chi connectivity index (χ1v) is 4.43. The molecule has 1 aromatic rings. The zero-order valence-corrected chi connectivity index (χ0v) is 8.45. The highest BCUT2D eigenvalue weighted by atomic mass is 35.5. The van der Waals surface area contributed by atoms with E-state index in [9.17, 15) is 13.2 Å². The van der Waals surface area contributed by atoms with E-state index in [0.29, 0.717) is 5.56 Å². The van der Waals surface area contributed by atoms with Crippen LogP contribution in [-0.2, 0) is 6.18 Å². The molecule has 1 heterocycles. The van der Waals surface area contributed by atoms with Gasteiger partial charge in [-0.2, -0.15) is 13.2 Å². The van der Waals surface area contributed by atoms with Gasteiger partial charge in [0.15, 0.2) is 0 Å². The summed E-state index contributed by atoms with van der Waals surface area (Å²) in [6.45, 7) is 3.56. The Kier molecular flexibility index (Phi) is 3.04. The number of halogens is 4. The zero-order chi connectivity index (χ0) is 10.9. The van der Waals surface area contributed by atoms with Gasteiger partial charge >= 0.3 is 6.18 Å². The third kappa shape index (κ3) is 2.38. The molecule has 5 heteroatoms. The first kappa shape index (κ1) is 11.3. The van der Waals surface area contributed by atoms with Gasteiger partial charge in [0.25, 0.3) is 0 Å². The van der Waals surface area contributed by atoms with Gasteiger partial charge in [-0.25, -0.2) is 0 Å². The van der Waals surface area contributed by atoms with E-state index in [1.54, 1.807) is 13.8 Å². The molecule has 0 fully saturated rings. The van der Waals surface area contributed by atoms with Gasteiger partial charge in [0, 0.05) is 6.20 Å². The minimum atomic E-state index is -4.41. The van der Waals surface area contributed by atoms with Gasteiger partial charge < -0.3 is 0 Å². The molecular weight excluding hydrogens is 215 g/mol. The maximum atomic E-state index is 12.3. The Morgan fingerprint density at radius 3 is 2.36 bits per heavy atom. The Labute approximate surface area is 84.9 Å². The van der Waals surface area contributed by atoms with Crippen molar-refractivity contribution in [3.8, 4) is 0 Å². The highest BCUT2D eigenvalue weighted by Crippen LogP contribution is 2.32. The number of hydrogen-bond acceptors (Lipinski definition) is 1. The summed E-state index contributed by atoms with van der Waals surface area (Å²) in [4.78, 5) is 3.24. The molecule has 0 aliphatic carbocycles. The third-order valence-electron chi connectivity index (χ3n) is 1.80. The molecule has 1 rings (SSSR count). The summed E-state index contributed by atoms with van der Waals surface area (Å²) in [5.74, 6) is -0.0494. The second-order valence-corrected chi connectivity index (χ2v) is 3.65. The molecule has 0 spiro atoms. The maximum absolute atomic E-state index is 12.3. The Hall–Kier alpha value is -0.770. The largest absolute Gasteiger partial charge is 0.433 e. The van der Waals surface area contributed by atoms with Gasteiger partial charge in [-0.3, -0.25) is 4.98 Å². The zero-order valence-electron chi connectivity index (χ0n) is 7.69. The van der Waals surface area contributed by atoms with Crippen LogP contribution in [0.1, 0.15) is 31.0 Å². The molecule has 0 aliphatic rings. The fraction of sp³-hybridized carbons (Fsp3) is 0.444. The van der Waals surface area contributed by atoms with Crippen molar-refractivity contribution in [1.82, 2.24) is 4.98 Å². The van der Waals surface area contributed by atoms with Gasteiger partial charge in [-0.05, 0) is 17.5 Å². The number of hydrogen-bond donors (Lipinski definition) is 0. The van der Waals surface area contributed by atoms with Crippen LogP contribution < -0.4 is 0 Å². The Bertz CT molecular complexity index is 333. The molecule has 0 amide bonds. The van der Waals surface area contributed by atoms with E-state index in [4.69, 9.17) is 11.6 Å². The van der Waals surface area contributed by atoms with E-state index in [-0.39, 0.29) is 10.9 Å². The number of alkyl halides is 3. The molecule has 0 unspecified atom stereocenters. The lowest BCUT2D eigenvalue weighted by molar-refractivity contribution is -0.141. The third-order valence-corrected chi connectivity index (χ3v) is 2.11. The van der Waals surface area contributed by atoms with Gasteiger partial charge in [-0.15, -0.1) is 0 Å². The topological polar surface area (TPSA) is 12.9 Å². The maximum Gasteiger partial charge on any atom is 0.433 e. The summed E-state index contributed by atoms with van der Waals surface area (Å²) in [6.07, 6.45) is -3.37. The van der Waals surface area contributed by atoms with Crippen molar-refractivity contribution in [3.05, 3.63) is 28.5 Å². The van der Waals surface area contributed by atoms with E-state index in [2.05, 4.69) is 4.98 Å². The van der Waals surface area contributed by atoms with Crippen LogP contribution in [0.25, 0.3) is 0 Å². The lowest BCUT2D eigenvalue weighted by Gasteiger charge is -2.11. The highest BCUT2D eigenvalue weighted by Gasteiger charge is 2.33. The summed E-state index contributed by atoms with van der Waals surface area (Å²) >= 11 is 5.71. The molecular formula is C9H9ClF3N. The van der Waals surface area contributed by atoms with Crippen LogP contribution in [0.2, 0.25) is 5.02 Å². The van der Waals surface area contributed by atoms with Crippen molar-refractivity contribution in [2.24, 2.45) is 0 Å². The fourth-order valence-corrected chi connectivity index (χ4v) is 1.37. The molecule has 0 N–H and O–H groups in total. The van der Waals surface area contributed by atoms with Crippen molar-refractivity contribution < 1.29 is 13.2 Å². The fourth-order valence-electron chi connectivity index (χ4n) is 1.05. The van der Waals surface area contributed by atoms with Crippen LogP contribution in [0, 0.1) is 0 Å². The van der Waals surface area contributed by atoms with E-state index in [0.717, 1.165) is 12.3 Å². The van der Waals surface area contributed by atoms with Crippen LogP contribution in [0.3, 0.4) is 0 Å². The van der Waals surface area contributed by atoms with E-state index < -0.39 is 11.9 Å². The average Bonchev–Trinajstić information content (AvgIpc) is 2.02. The number of rotatable bonds is 1. The van der Waals surface area contributed by atoms with Crippen LogP contribution >= 0.6 is 11.6 Å². The van der Waals surface area contributed by atoms with E-state index >= 15 is 0 Å². The van der Waals surface area contributed by atoms with Crippen molar-refractivity contribution >= 4 is 11.6 Å². The molecule has 0 radical (unpaired) electrons. The first-order valence-electron chi connectivity index (χ1n) is 4.05. The summed E-state index contributed by atoms with van der Waals surface area (Å²) < 4.78 is 36.8. The standard InChI is InChI=1S/C9H9ClF3N/c1-5(2)6-3-8(9(11,12)13)14-4-7(6)10/h3-5H,1-2H3. The normalized spacial score (nSPS) is 12.2. The molecule has 0 aromatic carbocycles. The van der Waals surface area contributed by atoms with E-state index in [1.807, 2.05) is 0 Å². The smallest absolute Gasteiger partial charge is 0.250 e. The van der Waals surface area contributed by atoms with Crippen LogP contribution in [0.4, 0.5) is 13.2 Å². The van der Waals surface area contributed by atoms with Crippen LogP contribution in [0.15, 0.2) is 12.3 Å². The summed E-state index contributed by atoms with van der Waals surface area (Å²) in [5.41, 5.74) is -0.431. The second-order valence-electron chi connectivity index (χ2n) is 3.24. The van der Waals surface area contributed by atoms with E-state index in [1.165, 1.54) is 0 Å². The quantitative estimate of drug-likeness (QED) is 0.704. The minimum absolute atomic E-state index is 0.0494. The molecule has 14 heavy (non-hydrogen) atoms. The van der Waals surface area contributed by atoms with Crippen molar-refractivity contribution in [1.29, 1.82) is 0 Å². The Morgan fingerprint density at radius 1 is 1.36 bits per heavy atom. The van der Waals surface area contributed by atoms with Crippen LogP contribution in [-0.4, -0.2) is 4.98 Å². The highest BCUT2D eigenvalue weighted by molar-refractivity contribution is 6.31. The number of pyridine rings is 1. The Balaban J connectivity index is 3.20. The van der Waals surface area contributed by atoms with Crippen molar-refractivity contribution in [2.75, 3.05) is 0 Å². The number of nitrogens with zero attached hydrogens (tertiary/aromatic N) is 1. The van der Waals surface area contributed by atoms with Crippen molar-refractivity contribution in [2.45, 2.75) is 25.9 Å². The van der Waals surface area contributed by atoms with Gasteiger partial charge in [0.2, 0.25) is 0 Å². The summed E-state index contributed by atoms with van der Waals surface area (Å²) in [6, 6.07) is 0.993. The monoisotopic (exact) mass is 223 g/mol. The lowest BCUT2D eigenvalue weighted by atomic mass is 10.0. The number of aromatic nitrogens is 1. The van der Waals surface area contributed by atoms with Gasteiger partial charge in [0.1, 0.15) is 5.69 Å². The first-order chi connectivity index (χ1) is 6.32. The molecule has 1 nitrogen and oxygen atoms in total. The molecule has 1 aromatic heterocycles. The van der Waals surface area contributed by atoms with Crippen molar-refractivity contribution in [3.63, 3.8) is 0 Å². The second kappa shape index (κ2) is 3.77. The molecule has 78 valence electrons. The molecule has 0 saturated heterocycles.